The van der Waals surface area contributed by atoms with Crippen LogP contribution in [-0.2, 0) is 4.79 Å². The second-order valence-electron chi connectivity index (χ2n) is 4.50. The highest BCUT2D eigenvalue weighted by Crippen LogP contribution is 2.17. The summed E-state index contributed by atoms with van der Waals surface area (Å²) >= 11 is 1.90. The molecule has 16 heavy (non-hydrogen) atoms. The predicted octanol–water partition coefficient (Wildman–Crippen LogP) is 1.75. The largest absolute Gasteiger partial charge is 0.396 e. The number of amides is 1. The SMILES string of the molecule is CSCCCCCCN1CC(CO)CC1=O. The normalized spacial score (nSPS) is 20.8. The van der Waals surface area contributed by atoms with Gasteiger partial charge in [-0.3, -0.25) is 4.79 Å². The number of unbranched alkanes of at least 4 members (excludes halogenated alkanes) is 3. The number of carbonyl (C=O) groups is 1. The summed E-state index contributed by atoms with van der Waals surface area (Å²) in [5, 5.41) is 8.99. The van der Waals surface area contributed by atoms with Gasteiger partial charge in [-0.15, -0.1) is 0 Å². The first-order valence-electron chi connectivity index (χ1n) is 6.15. The third kappa shape index (κ3) is 4.74. The Bertz CT molecular complexity index is 211. The molecular formula is C12H23NO2S. The third-order valence-corrected chi connectivity index (χ3v) is 3.78. The molecule has 0 aliphatic carbocycles. The molecule has 1 heterocycles. The third-order valence-electron chi connectivity index (χ3n) is 3.08. The molecule has 1 saturated heterocycles. The average Bonchev–Trinajstić information content (AvgIpc) is 2.65. The molecule has 1 fully saturated rings. The van der Waals surface area contributed by atoms with Gasteiger partial charge in [0.25, 0.3) is 0 Å². The van der Waals surface area contributed by atoms with Gasteiger partial charge in [0.2, 0.25) is 5.91 Å². The van der Waals surface area contributed by atoms with Gasteiger partial charge in [-0.25, -0.2) is 0 Å². The van der Waals surface area contributed by atoms with Crippen molar-refractivity contribution in [2.45, 2.75) is 32.1 Å². The number of thioether (sulfide) groups is 1. The molecule has 1 atom stereocenters. The van der Waals surface area contributed by atoms with E-state index in [1.54, 1.807) is 0 Å². The lowest BCUT2D eigenvalue weighted by Crippen LogP contribution is -2.26. The van der Waals surface area contributed by atoms with E-state index in [9.17, 15) is 4.79 Å². The van der Waals surface area contributed by atoms with E-state index >= 15 is 0 Å². The Balaban J connectivity index is 2.03. The monoisotopic (exact) mass is 245 g/mol. The maximum Gasteiger partial charge on any atom is 0.223 e. The summed E-state index contributed by atoms with van der Waals surface area (Å²) in [5.74, 6) is 1.65. The Hall–Kier alpha value is -0.220. The van der Waals surface area contributed by atoms with E-state index in [4.69, 9.17) is 5.11 Å². The Morgan fingerprint density at radius 1 is 1.38 bits per heavy atom. The van der Waals surface area contributed by atoms with Gasteiger partial charge < -0.3 is 10.0 Å². The van der Waals surface area contributed by atoms with E-state index in [2.05, 4.69) is 6.26 Å². The van der Waals surface area contributed by atoms with Crippen LogP contribution in [0, 0.1) is 5.92 Å². The fourth-order valence-electron chi connectivity index (χ4n) is 2.09. The molecule has 0 aromatic carbocycles. The number of hydrogen-bond donors (Lipinski definition) is 1. The summed E-state index contributed by atoms with van der Waals surface area (Å²) in [6.07, 6.45) is 7.56. The minimum Gasteiger partial charge on any atom is -0.396 e. The molecule has 0 aromatic rings. The summed E-state index contributed by atoms with van der Waals surface area (Å²) in [4.78, 5) is 13.4. The fraction of sp³-hybridized carbons (Fsp3) is 0.917. The lowest BCUT2D eigenvalue weighted by Gasteiger charge is -2.15. The minimum atomic E-state index is 0.149. The minimum absolute atomic E-state index is 0.149. The number of hydrogen-bond acceptors (Lipinski definition) is 3. The molecule has 4 heteroatoms. The van der Waals surface area contributed by atoms with Crippen LogP contribution in [0.3, 0.4) is 0 Å². The zero-order valence-corrected chi connectivity index (χ0v) is 11.0. The Morgan fingerprint density at radius 3 is 2.75 bits per heavy atom. The molecule has 0 saturated carbocycles. The van der Waals surface area contributed by atoms with Gasteiger partial charge in [0.15, 0.2) is 0 Å². The first-order chi connectivity index (χ1) is 7.77. The van der Waals surface area contributed by atoms with Crippen molar-refractivity contribution in [1.82, 2.24) is 4.90 Å². The van der Waals surface area contributed by atoms with Crippen LogP contribution < -0.4 is 0 Å². The summed E-state index contributed by atoms with van der Waals surface area (Å²) in [6.45, 7) is 1.80. The van der Waals surface area contributed by atoms with Crippen molar-refractivity contribution in [1.29, 1.82) is 0 Å². The molecule has 0 spiro atoms. The van der Waals surface area contributed by atoms with Crippen LogP contribution in [0.2, 0.25) is 0 Å². The van der Waals surface area contributed by atoms with Crippen LogP contribution in [0.1, 0.15) is 32.1 Å². The summed E-state index contributed by atoms with van der Waals surface area (Å²) in [7, 11) is 0. The van der Waals surface area contributed by atoms with Crippen LogP contribution in [0.15, 0.2) is 0 Å². The van der Waals surface area contributed by atoms with Gasteiger partial charge >= 0.3 is 0 Å². The number of nitrogens with zero attached hydrogens (tertiary/aromatic N) is 1. The maximum absolute atomic E-state index is 11.5. The average molecular weight is 245 g/mol. The molecule has 1 rings (SSSR count). The molecule has 1 aliphatic rings. The van der Waals surface area contributed by atoms with Crippen LogP contribution >= 0.6 is 11.8 Å². The van der Waals surface area contributed by atoms with Gasteiger partial charge in [0.1, 0.15) is 0 Å². The molecule has 0 aromatic heterocycles. The topological polar surface area (TPSA) is 40.5 Å². The molecule has 1 amide bonds. The van der Waals surface area contributed by atoms with Crippen LogP contribution in [0.5, 0.6) is 0 Å². The fourth-order valence-corrected chi connectivity index (χ4v) is 2.59. The molecular weight excluding hydrogens is 222 g/mol. The van der Waals surface area contributed by atoms with Crippen molar-refractivity contribution < 1.29 is 9.90 Å². The lowest BCUT2D eigenvalue weighted by atomic mass is 10.1. The van der Waals surface area contributed by atoms with E-state index in [1.807, 2.05) is 16.7 Å². The highest BCUT2D eigenvalue weighted by molar-refractivity contribution is 7.98. The number of likely N-dealkylation sites (tertiary alicyclic amines) is 1. The van der Waals surface area contributed by atoms with E-state index in [0.29, 0.717) is 6.42 Å². The molecule has 1 aliphatic heterocycles. The van der Waals surface area contributed by atoms with Crippen molar-refractivity contribution in [3.63, 3.8) is 0 Å². The van der Waals surface area contributed by atoms with Crippen molar-refractivity contribution >= 4 is 17.7 Å². The molecule has 0 bridgehead atoms. The van der Waals surface area contributed by atoms with E-state index in [1.165, 1.54) is 25.0 Å². The van der Waals surface area contributed by atoms with Gasteiger partial charge in [-0.2, -0.15) is 11.8 Å². The summed E-state index contributed by atoms with van der Waals surface area (Å²) in [5.41, 5.74) is 0. The summed E-state index contributed by atoms with van der Waals surface area (Å²) in [6, 6.07) is 0. The Labute approximate surface area is 103 Å². The standard InChI is InChI=1S/C12H23NO2S/c1-16-7-5-3-2-4-6-13-9-11(10-14)8-12(13)15/h11,14H,2-10H2,1H3. The van der Waals surface area contributed by atoms with Gasteiger partial charge in [-0.05, 0) is 24.9 Å². The van der Waals surface area contributed by atoms with Gasteiger partial charge in [0, 0.05) is 32.0 Å². The molecule has 94 valence electrons. The molecule has 1 N–H and O–H groups in total. The van der Waals surface area contributed by atoms with Crippen LogP contribution in [0.4, 0.5) is 0 Å². The molecule has 0 radical (unpaired) electrons. The molecule has 3 nitrogen and oxygen atoms in total. The number of carbonyl (C=O) groups excluding carboxylic acids is 1. The maximum atomic E-state index is 11.5. The second-order valence-corrected chi connectivity index (χ2v) is 5.49. The zero-order valence-electron chi connectivity index (χ0n) is 10.2. The van der Waals surface area contributed by atoms with Crippen LogP contribution in [0.25, 0.3) is 0 Å². The van der Waals surface area contributed by atoms with E-state index in [-0.39, 0.29) is 18.4 Å². The summed E-state index contributed by atoms with van der Waals surface area (Å²) < 4.78 is 0. The van der Waals surface area contributed by atoms with Crippen molar-refractivity contribution in [2.75, 3.05) is 31.7 Å². The van der Waals surface area contributed by atoms with Crippen LogP contribution in [-0.4, -0.2) is 47.6 Å². The smallest absolute Gasteiger partial charge is 0.223 e. The first kappa shape index (κ1) is 13.8. The van der Waals surface area contributed by atoms with E-state index < -0.39 is 0 Å². The van der Waals surface area contributed by atoms with Gasteiger partial charge in [0.05, 0.1) is 0 Å². The van der Waals surface area contributed by atoms with Crippen molar-refractivity contribution in [3.05, 3.63) is 0 Å². The highest BCUT2D eigenvalue weighted by Gasteiger charge is 2.28. The van der Waals surface area contributed by atoms with E-state index in [0.717, 1.165) is 19.5 Å². The second kappa shape index (κ2) is 7.96. The van der Waals surface area contributed by atoms with Crippen molar-refractivity contribution in [2.24, 2.45) is 5.92 Å². The number of aliphatic hydroxyl groups excluding tert-OH is 1. The lowest BCUT2D eigenvalue weighted by molar-refractivity contribution is -0.127. The quantitative estimate of drug-likeness (QED) is 0.662. The Kier molecular flexibility index (Phi) is 6.88. The highest BCUT2D eigenvalue weighted by atomic mass is 32.2. The Morgan fingerprint density at radius 2 is 2.12 bits per heavy atom. The number of rotatable bonds is 8. The molecule has 1 unspecified atom stereocenters. The number of aliphatic hydroxyl groups is 1. The zero-order chi connectivity index (χ0) is 11.8. The van der Waals surface area contributed by atoms with Gasteiger partial charge in [-0.1, -0.05) is 12.8 Å². The van der Waals surface area contributed by atoms with Crippen molar-refractivity contribution in [3.8, 4) is 0 Å². The predicted molar refractivity (Wildman–Crippen MR) is 68.6 cm³/mol. The first-order valence-corrected chi connectivity index (χ1v) is 7.55.